The van der Waals surface area contributed by atoms with E-state index in [0.29, 0.717) is 34.5 Å². The van der Waals surface area contributed by atoms with Crippen LogP contribution in [0.15, 0.2) is 42.5 Å². The van der Waals surface area contributed by atoms with Crippen LogP contribution in [0, 0.1) is 5.92 Å². The van der Waals surface area contributed by atoms with E-state index in [0.717, 1.165) is 37.7 Å². The number of carbonyl (C=O) groups is 2. The molecule has 31 heavy (non-hydrogen) atoms. The Hall–Kier alpha value is -2.53. The first-order valence-electron chi connectivity index (χ1n) is 10.8. The lowest BCUT2D eigenvalue weighted by Gasteiger charge is -2.36. The van der Waals surface area contributed by atoms with Gasteiger partial charge in [0.2, 0.25) is 5.91 Å². The average Bonchev–Trinajstić information content (AvgIpc) is 2.78. The molecule has 0 bridgehead atoms. The van der Waals surface area contributed by atoms with Gasteiger partial charge in [-0.2, -0.15) is 0 Å². The predicted molar refractivity (Wildman–Crippen MR) is 123 cm³/mol. The zero-order valence-corrected chi connectivity index (χ0v) is 19.1. The number of anilines is 1. The molecule has 1 aliphatic rings. The maximum Gasteiger partial charge on any atom is 0.341 e. The Kier molecular flexibility index (Phi) is 7.60. The summed E-state index contributed by atoms with van der Waals surface area (Å²) in [7, 11) is 1.33. The van der Waals surface area contributed by atoms with E-state index in [2.05, 4.69) is 5.32 Å². The van der Waals surface area contributed by atoms with E-state index in [-0.39, 0.29) is 5.91 Å². The summed E-state index contributed by atoms with van der Waals surface area (Å²) in [6.07, 6.45) is 4.66. The quantitative estimate of drug-likeness (QED) is 0.533. The number of ether oxygens (including phenoxy) is 2. The molecule has 0 atom stereocenters. The molecule has 2 aromatic carbocycles. The normalized spacial score (nSPS) is 15.4. The number of hydrogen-bond acceptors (Lipinski definition) is 4. The molecule has 3 rings (SSSR count). The highest BCUT2D eigenvalue weighted by atomic mass is 35.5. The van der Waals surface area contributed by atoms with E-state index in [1.807, 2.05) is 38.1 Å². The second kappa shape index (κ2) is 10.2. The van der Waals surface area contributed by atoms with Crippen molar-refractivity contribution in [1.29, 1.82) is 0 Å². The van der Waals surface area contributed by atoms with E-state index < -0.39 is 11.4 Å². The summed E-state index contributed by atoms with van der Waals surface area (Å²) < 4.78 is 10.7. The molecule has 0 aliphatic heterocycles. The van der Waals surface area contributed by atoms with Crippen molar-refractivity contribution in [2.24, 2.45) is 5.92 Å². The van der Waals surface area contributed by atoms with Gasteiger partial charge >= 0.3 is 5.97 Å². The SMILES string of the molecule is COC(=O)c1cc(NC(=O)C2(c3ccc(Cl)cc3)CCCCC2)ccc1OCC(C)C. The molecular weight excluding hydrogens is 414 g/mol. The van der Waals surface area contributed by atoms with Crippen molar-refractivity contribution in [3.63, 3.8) is 0 Å². The molecule has 1 N–H and O–H groups in total. The van der Waals surface area contributed by atoms with Crippen LogP contribution in [-0.2, 0) is 14.9 Å². The lowest BCUT2D eigenvalue weighted by molar-refractivity contribution is -0.122. The van der Waals surface area contributed by atoms with Crippen LogP contribution in [0.4, 0.5) is 5.69 Å². The van der Waals surface area contributed by atoms with Gasteiger partial charge in [-0.25, -0.2) is 4.79 Å². The van der Waals surface area contributed by atoms with Crippen LogP contribution in [0.1, 0.15) is 61.9 Å². The number of esters is 1. The van der Waals surface area contributed by atoms with Gasteiger partial charge in [0.15, 0.2) is 0 Å². The fourth-order valence-electron chi connectivity index (χ4n) is 4.08. The predicted octanol–water partition coefficient (Wildman–Crippen LogP) is 6.00. The Balaban J connectivity index is 1.89. The van der Waals surface area contributed by atoms with Crippen LogP contribution in [0.25, 0.3) is 0 Å². The van der Waals surface area contributed by atoms with Crippen LogP contribution in [0.2, 0.25) is 5.02 Å². The zero-order valence-electron chi connectivity index (χ0n) is 18.4. The van der Waals surface area contributed by atoms with E-state index in [9.17, 15) is 9.59 Å². The molecular formula is C25H30ClNO4. The third kappa shape index (κ3) is 5.40. The number of carbonyl (C=O) groups excluding carboxylic acids is 2. The number of methoxy groups -OCH3 is 1. The van der Waals surface area contributed by atoms with Crippen molar-refractivity contribution in [2.75, 3.05) is 19.0 Å². The molecule has 0 spiro atoms. The minimum atomic E-state index is -0.610. The summed E-state index contributed by atoms with van der Waals surface area (Å²) in [5.74, 6) is 0.195. The van der Waals surface area contributed by atoms with Crippen molar-refractivity contribution in [3.05, 3.63) is 58.6 Å². The number of rotatable bonds is 7. The Morgan fingerprint density at radius 1 is 1.06 bits per heavy atom. The molecule has 0 radical (unpaired) electrons. The van der Waals surface area contributed by atoms with E-state index in [4.69, 9.17) is 21.1 Å². The van der Waals surface area contributed by atoms with Gasteiger partial charge in [0.25, 0.3) is 0 Å². The Morgan fingerprint density at radius 2 is 1.74 bits per heavy atom. The maximum absolute atomic E-state index is 13.5. The van der Waals surface area contributed by atoms with Crippen LogP contribution in [-0.4, -0.2) is 25.6 Å². The van der Waals surface area contributed by atoms with Gasteiger partial charge in [-0.1, -0.05) is 56.8 Å². The van der Waals surface area contributed by atoms with Crippen molar-refractivity contribution in [2.45, 2.75) is 51.4 Å². The highest BCUT2D eigenvalue weighted by molar-refractivity contribution is 6.30. The zero-order chi connectivity index (χ0) is 22.4. The summed E-state index contributed by atoms with van der Waals surface area (Å²) in [6, 6.07) is 12.6. The molecule has 6 heteroatoms. The second-order valence-corrected chi connectivity index (χ2v) is 8.95. The molecule has 1 aliphatic carbocycles. The van der Waals surface area contributed by atoms with Crippen molar-refractivity contribution in [3.8, 4) is 5.75 Å². The van der Waals surface area contributed by atoms with Gasteiger partial charge in [-0.05, 0) is 54.7 Å². The Bertz CT molecular complexity index is 918. The Morgan fingerprint density at radius 3 is 2.35 bits per heavy atom. The fourth-order valence-corrected chi connectivity index (χ4v) is 4.21. The molecule has 1 amide bonds. The number of hydrogen-bond donors (Lipinski definition) is 1. The Labute approximate surface area is 189 Å². The highest BCUT2D eigenvalue weighted by Crippen LogP contribution is 2.41. The first kappa shape index (κ1) is 23.1. The minimum Gasteiger partial charge on any atom is -0.492 e. The first-order valence-corrected chi connectivity index (χ1v) is 11.2. The van der Waals surface area contributed by atoms with Crippen molar-refractivity contribution < 1.29 is 19.1 Å². The second-order valence-electron chi connectivity index (χ2n) is 8.51. The van der Waals surface area contributed by atoms with E-state index in [1.54, 1.807) is 18.2 Å². The number of nitrogens with one attached hydrogen (secondary N) is 1. The lowest BCUT2D eigenvalue weighted by Crippen LogP contribution is -2.42. The largest absolute Gasteiger partial charge is 0.492 e. The van der Waals surface area contributed by atoms with Gasteiger partial charge in [-0.3, -0.25) is 4.79 Å². The van der Waals surface area contributed by atoms with Gasteiger partial charge < -0.3 is 14.8 Å². The fraction of sp³-hybridized carbons (Fsp3) is 0.440. The van der Waals surface area contributed by atoms with Gasteiger partial charge in [0, 0.05) is 10.7 Å². The number of benzene rings is 2. The van der Waals surface area contributed by atoms with Crippen LogP contribution in [0.5, 0.6) is 5.75 Å². The van der Waals surface area contributed by atoms with Crippen LogP contribution in [0.3, 0.4) is 0 Å². The van der Waals surface area contributed by atoms with Crippen LogP contribution >= 0.6 is 11.6 Å². The highest BCUT2D eigenvalue weighted by Gasteiger charge is 2.41. The van der Waals surface area contributed by atoms with Gasteiger partial charge in [-0.15, -0.1) is 0 Å². The molecule has 2 aromatic rings. The molecule has 5 nitrogen and oxygen atoms in total. The third-order valence-corrected chi connectivity index (χ3v) is 6.01. The molecule has 0 unspecified atom stereocenters. The molecule has 0 saturated heterocycles. The van der Waals surface area contributed by atoms with Gasteiger partial charge in [0.1, 0.15) is 11.3 Å². The minimum absolute atomic E-state index is 0.0683. The third-order valence-electron chi connectivity index (χ3n) is 5.75. The smallest absolute Gasteiger partial charge is 0.341 e. The average molecular weight is 444 g/mol. The first-order chi connectivity index (χ1) is 14.9. The number of amides is 1. The van der Waals surface area contributed by atoms with Gasteiger partial charge in [0.05, 0.1) is 19.1 Å². The number of halogens is 1. The standard InChI is InChI=1S/C25H30ClNO4/c1-17(2)16-31-22-12-11-20(15-21(22)23(28)30-3)27-24(29)25(13-5-4-6-14-25)18-7-9-19(26)10-8-18/h7-12,15,17H,4-6,13-14,16H2,1-3H3,(H,27,29). The summed E-state index contributed by atoms with van der Waals surface area (Å²) in [5.41, 5.74) is 1.20. The van der Waals surface area contributed by atoms with Crippen molar-refractivity contribution in [1.82, 2.24) is 0 Å². The van der Waals surface area contributed by atoms with E-state index >= 15 is 0 Å². The lowest BCUT2D eigenvalue weighted by atomic mass is 9.68. The van der Waals surface area contributed by atoms with E-state index in [1.165, 1.54) is 7.11 Å². The molecule has 1 fully saturated rings. The summed E-state index contributed by atoms with van der Waals surface area (Å²) in [5, 5.41) is 3.69. The summed E-state index contributed by atoms with van der Waals surface area (Å²) in [4.78, 5) is 25.8. The van der Waals surface area contributed by atoms with Crippen LogP contribution < -0.4 is 10.1 Å². The summed E-state index contributed by atoms with van der Waals surface area (Å²) >= 11 is 6.07. The maximum atomic E-state index is 13.5. The monoisotopic (exact) mass is 443 g/mol. The van der Waals surface area contributed by atoms with Crippen molar-refractivity contribution >= 4 is 29.2 Å². The topological polar surface area (TPSA) is 64.6 Å². The summed E-state index contributed by atoms with van der Waals surface area (Å²) in [6.45, 7) is 4.55. The molecule has 1 saturated carbocycles. The molecule has 166 valence electrons. The molecule has 0 heterocycles. The molecule has 0 aromatic heterocycles.